The lowest BCUT2D eigenvalue weighted by molar-refractivity contribution is 0.0980. The minimum absolute atomic E-state index is 0.0425. The van der Waals surface area contributed by atoms with E-state index < -0.39 is 108 Å². The number of rotatable bonds is 8. The molecular weight excluding hydrogens is 542 g/mol. The third-order valence-electron chi connectivity index (χ3n) is 6.14. The van der Waals surface area contributed by atoms with Crippen LogP contribution in [0.5, 0.6) is 5.75 Å². The van der Waals surface area contributed by atoms with Crippen molar-refractivity contribution in [1.29, 1.82) is 0 Å². The molecule has 0 aliphatic heterocycles. The highest BCUT2D eigenvalue weighted by Crippen LogP contribution is 2.30. The fourth-order valence-electron chi connectivity index (χ4n) is 4.17. The van der Waals surface area contributed by atoms with Gasteiger partial charge in [0.25, 0.3) is 15.9 Å². The lowest BCUT2D eigenvalue weighted by Gasteiger charge is -2.13. The van der Waals surface area contributed by atoms with Crippen molar-refractivity contribution in [2.45, 2.75) is 49.8 Å². The van der Waals surface area contributed by atoms with Crippen molar-refractivity contribution in [2.24, 2.45) is 6.98 Å². The van der Waals surface area contributed by atoms with E-state index in [9.17, 15) is 20.7 Å². The molecule has 1 aliphatic rings. The number of methoxy groups -OCH3 is 1. The van der Waals surface area contributed by atoms with Gasteiger partial charge in [-0.15, -0.1) is 0 Å². The van der Waals surface area contributed by atoms with E-state index in [4.69, 9.17) is 27.3 Å². The Balaban J connectivity index is 1.53. The number of aryl methyl sites for hydroxylation is 2. The van der Waals surface area contributed by atoms with E-state index in [1.165, 1.54) is 30.3 Å². The number of amides is 2. The Bertz CT molecular complexity index is 2290. The zero-order valence-corrected chi connectivity index (χ0v) is 22.0. The summed E-state index contributed by atoms with van der Waals surface area (Å²) >= 11 is 0. The van der Waals surface area contributed by atoms with Gasteiger partial charge in [0.05, 0.1) is 16.0 Å². The third kappa shape index (κ3) is 6.22. The molecule has 9 nitrogen and oxygen atoms in total. The fourth-order valence-corrected chi connectivity index (χ4v) is 5.25. The minimum Gasteiger partial charge on any atom is -0.496 e. The number of sulfonamides is 1. The van der Waals surface area contributed by atoms with E-state index in [0.717, 1.165) is 41.1 Å². The molecule has 0 unspecified atom stereocenters. The number of hydrogen-bond donors (Lipinski definition) is 2. The number of carbonyl (C=O) groups excluding carboxylic acids is 2. The summed E-state index contributed by atoms with van der Waals surface area (Å²) in [6.07, 6.45) is -9.45. The largest absolute Gasteiger partial charge is 0.496 e. The van der Waals surface area contributed by atoms with Crippen LogP contribution >= 0.6 is 0 Å². The fraction of sp³-hybridized carbons (Fsp3) is 0.290. The molecule has 1 heterocycles. The molecule has 0 bridgehead atoms. The van der Waals surface area contributed by atoms with Gasteiger partial charge in [0.2, 0.25) is 0 Å². The summed E-state index contributed by atoms with van der Waals surface area (Å²) in [6.45, 7) is -5.76. The molecule has 41 heavy (non-hydrogen) atoms. The number of hydrogen-bond acceptors (Lipinski definition) is 6. The summed E-state index contributed by atoms with van der Waals surface area (Å²) in [6, 6.07) is 10.9. The molecule has 0 spiro atoms. The molecule has 0 saturated heterocycles. The molecule has 0 atom stereocenters. The van der Waals surface area contributed by atoms with Gasteiger partial charge in [-0.25, -0.2) is 17.9 Å². The van der Waals surface area contributed by atoms with Crippen LogP contribution in [-0.4, -0.2) is 38.1 Å². The smallest absolute Gasteiger partial charge is 0.411 e. The van der Waals surface area contributed by atoms with Crippen molar-refractivity contribution in [1.82, 2.24) is 9.29 Å². The number of nitrogens with one attached hydrogen (secondary N) is 2. The second-order valence-corrected chi connectivity index (χ2v) is 10.6. The topological polar surface area (TPSA) is 116 Å². The van der Waals surface area contributed by atoms with Gasteiger partial charge in [-0.05, 0) is 85.5 Å². The van der Waals surface area contributed by atoms with Crippen LogP contribution in [0.4, 0.5) is 10.5 Å². The van der Waals surface area contributed by atoms with Gasteiger partial charge in [-0.1, -0.05) is 24.3 Å². The van der Waals surface area contributed by atoms with Gasteiger partial charge in [-0.3, -0.25) is 10.1 Å². The molecule has 5 rings (SSSR count). The average Bonchev–Trinajstić information content (AvgIpc) is 3.52. The van der Waals surface area contributed by atoms with E-state index >= 15 is 0 Å². The van der Waals surface area contributed by atoms with Crippen LogP contribution < -0.4 is 14.8 Å². The summed E-state index contributed by atoms with van der Waals surface area (Å²) in [7, 11) is -8.09. The van der Waals surface area contributed by atoms with Crippen molar-refractivity contribution in [2.75, 3.05) is 12.4 Å². The first-order valence-electron chi connectivity index (χ1n) is 19.6. The Morgan fingerprint density at radius 2 is 1.93 bits per heavy atom. The summed E-state index contributed by atoms with van der Waals surface area (Å²) in [5.41, 5.74) is -2.15. The first-order valence-corrected chi connectivity index (χ1v) is 13.6. The van der Waals surface area contributed by atoms with Gasteiger partial charge in [0, 0.05) is 58.1 Å². The van der Waals surface area contributed by atoms with Crippen LogP contribution in [0, 0.1) is 6.85 Å². The maximum absolute atomic E-state index is 13.3. The van der Waals surface area contributed by atoms with Gasteiger partial charge < -0.3 is 14.0 Å². The Hall–Kier alpha value is -4.31. The molecule has 1 fully saturated rings. The van der Waals surface area contributed by atoms with Crippen LogP contribution in [0.3, 0.4) is 0 Å². The van der Waals surface area contributed by atoms with E-state index in [1.807, 2.05) is 0 Å². The zero-order valence-electron chi connectivity index (χ0n) is 36.1. The van der Waals surface area contributed by atoms with E-state index in [-0.39, 0.29) is 22.2 Å². The van der Waals surface area contributed by atoms with E-state index in [0.29, 0.717) is 0 Å². The van der Waals surface area contributed by atoms with E-state index in [1.54, 1.807) is 4.72 Å². The quantitative estimate of drug-likeness (QED) is 0.272. The summed E-state index contributed by atoms with van der Waals surface area (Å²) in [5.74, 6) is -2.13. The number of benzene rings is 3. The molecule has 0 radical (unpaired) electrons. The number of carbonyl (C=O) groups is 2. The molecule has 214 valence electrons. The maximum Gasteiger partial charge on any atom is 0.411 e. The van der Waals surface area contributed by atoms with Gasteiger partial charge >= 0.3 is 6.09 Å². The van der Waals surface area contributed by atoms with Crippen LogP contribution in [0.25, 0.3) is 10.9 Å². The Morgan fingerprint density at radius 3 is 2.71 bits per heavy atom. The summed E-state index contributed by atoms with van der Waals surface area (Å²) in [4.78, 5) is 25.3. The highest BCUT2D eigenvalue weighted by molar-refractivity contribution is 7.90. The second kappa shape index (κ2) is 11.7. The molecule has 1 saturated carbocycles. The predicted octanol–water partition coefficient (Wildman–Crippen LogP) is 5.70. The average molecular weight is 591 g/mol. The highest BCUT2D eigenvalue weighted by Gasteiger charge is 2.22. The van der Waals surface area contributed by atoms with Crippen LogP contribution in [-0.2, 0) is 28.1 Å². The highest BCUT2D eigenvalue weighted by atomic mass is 32.2. The second-order valence-electron chi connectivity index (χ2n) is 8.93. The summed E-state index contributed by atoms with van der Waals surface area (Å²) < 4.78 is 159. The third-order valence-corrected chi connectivity index (χ3v) is 7.52. The van der Waals surface area contributed by atoms with Crippen LogP contribution in [0.15, 0.2) is 71.8 Å². The predicted molar refractivity (Wildman–Crippen MR) is 157 cm³/mol. The molecule has 2 N–H and O–H groups in total. The van der Waals surface area contributed by atoms with Crippen LogP contribution in [0.2, 0.25) is 0 Å². The molecule has 10 heteroatoms. The zero-order chi connectivity index (χ0) is 42.0. The number of anilines is 1. The SMILES string of the molecule is [2H]C([2H])([2H])Oc1cc(C(=O)NS(=O)(=O)c2ccccc2C([2H])([2H])[2H])ccc1C([2H])([2H])c1cn(C([2H])([2H])[2H])c2ccc(NC(=O)OC3CC([2H])([2H])C([2H])([2H])C3)cc12. The van der Waals surface area contributed by atoms with Gasteiger partial charge in [-0.2, -0.15) is 0 Å². The standard InChI is InChI=1S/C31H33N3O6S/c1-20-8-4-7-11-29(20)41(37,38)33-30(35)22-13-12-21(28(17-22)39-3)16-23-19-34(2)27-15-14-24(18-26(23)27)32-31(36)40-25-9-5-6-10-25/h4,7-8,11-15,17-19,25H,5-6,9-10,16H2,1-3H3,(H,32,36)(H,33,35)/i1D3,2D3,3D3,5D2,6D2,16D2. The molecule has 1 aliphatic carbocycles. The van der Waals surface area contributed by atoms with E-state index in [2.05, 4.69) is 5.32 Å². The Morgan fingerprint density at radius 1 is 1.10 bits per heavy atom. The van der Waals surface area contributed by atoms with Crippen molar-refractivity contribution in [3.63, 3.8) is 0 Å². The number of nitrogens with zero attached hydrogens (tertiary/aromatic N) is 1. The first-order chi connectivity index (χ1) is 25.4. The molecule has 1 aromatic heterocycles. The number of fused-ring (bicyclic) bond motifs is 1. The monoisotopic (exact) mass is 590 g/mol. The molecular formula is C31H33N3O6S. The van der Waals surface area contributed by atoms with Crippen molar-refractivity contribution >= 4 is 38.6 Å². The van der Waals surface area contributed by atoms with Gasteiger partial charge in [0.1, 0.15) is 11.9 Å². The van der Waals surface area contributed by atoms with Crippen molar-refractivity contribution in [3.05, 3.63) is 89.1 Å². The molecule has 2 amide bonds. The summed E-state index contributed by atoms with van der Waals surface area (Å²) in [5, 5.41) is 2.29. The number of aromatic nitrogens is 1. The maximum atomic E-state index is 13.3. The lowest BCUT2D eigenvalue weighted by atomic mass is 10.0. The van der Waals surface area contributed by atoms with Crippen LogP contribution in [0.1, 0.15) is 73.2 Å². The normalized spacial score (nSPS) is 22.9. The number of ether oxygens (including phenoxy) is 2. The van der Waals surface area contributed by atoms with Gasteiger partial charge in [0.15, 0.2) is 0 Å². The van der Waals surface area contributed by atoms with Crippen molar-refractivity contribution in [3.8, 4) is 5.75 Å². The first kappa shape index (κ1) is 15.1. The van der Waals surface area contributed by atoms with Crippen molar-refractivity contribution < 1.29 is 48.0 Å². The Labute approximate surface area is 260 Å². The lowest BCUT2D eigenvalue weighted by Crippen LogP contribution is -2.31. The molecule has 4 aromatic rings. The minimum atomic E-state index is -4.83. The Kier molecular flexibility index (Phi) is 4.29. The molecule has 3 aromatic carbocycles.